The van der Waals surface area contributed by atoms with Gasteiger partial charge in [-0.25, -0.2) is 0 Å². The molecular formula is C8H11BrN2O. The van der Waals surface area contributed by atoms with Crippen LogP contribution in [0.1, 0.15) is 11.6 Å². The zero-order chi connectivity index (χ0) is 9.14. The number of aliphatic hydroxyl groups excluding tert-OH is 1. The molecule has 0 saturated carbocycles. The van der Waals surface area contributed by atoms with Gasteiger partial charge in [0.05, 0.1) is 12.6 Å². The number of nitrogen functional groups attached to an aromatic ring is 1. The van der Waals surface area contributed by atoms with Crippen LogP contribution in [-0.4, -0.2) is 11.7 Å². The normalized spacial score (nSPS) is 12.9. The number of hydrogen-bond acceptors (Lipinski definition) is 3. The predicted octanol–water partition coefficient (Wildman–Crippen LogP) is 1.02. The maximum Gasteiger partial charge on any atom is 0.0624 e. The molecule has 0 amide bonds. The van der Waals surface area contributed by atoms with Gasteiger partial charge in [0.2, 0.25) is 0 Å². The molecular weight excluding hydrogens is 220 g/mol. The molecule has 1 atom stereocenters. The Morgan fingerprint density at radius 1 is 1.50 bits per heavy atom. The van der Waals surface area contributed by atoms with Gasteiger partial charge in [-0.3, -0.25) is 0 Å². The molecule has 0 saturated heterocycles. The minimum atomic E-state index is -0.347. The lowest BCUT2D eigenvalue weighted by Crippen LogP contribution is -2.14. The third kappa shape index (κ3) is 1.97. The summed E-state index contributed by atoms with van der Waals surface area (Å²) in [5.74, 6) is 0. The number of rotatable bonds is 2. The van der Waals surface area contributed by atoms with Gasteiger partial charge < -0.3 is 16.6 Å². The second-order valence-electron chi connectivity index (χ2n) is 2.57. The lowest BCUT2D eigenvalue weighted by Gasteiger charge is -2.09. The third-order valence-electron chi connectivity index (χ3n) is 1.64. The summed E-state index contributed by atoms with van der Waals surface area (Å²) in [6, 6.07) is 5.06. The highest BCUT2D eigenvalue weighted by Crippen LogP contribution is 2.22. The molecule has 1 aromatic carbocycles. The average molecular weight is 231 g/mol. The molecule has 5 N–H and O–H groups in total. The van der Waals surface area contributed by atoms with Crippen molar-refractivity contribution in [1.29, 1.82) is 0 Å². The van der Waals surface area contributed by atoms with Gasteiger partial charge >= 0.3 is 0 Å². The Morgan fingerprint density at radius 3 is 2.67 bits per heavy atom. The fourth-order valence-corrected chi connectivity index (χ4v) is 1.14. The molecule has 0 radical (unpaired) electrons. The van der Waals surface area contributed by atoms with Crippen LogP contribution in [0, 0.1) is 0 Å². The number of aliphatic hydroxyl groups is 1. The van der Waals surface area contributed by atoms with Crippen LogP contribution in [0.4, 0.5) is 5.69 Å². The van der Waals surface area contributed by atoms with Crippen molar-refractivity contribution in [3.63, 3.8) is 0 Å². The van der Waals surface area contributed by atoms with Gasteiger partial charge in [0, 0.05) is 10.2 Å². The second kappa shape index (κ2) is 3.89. The maximum absolute atomic E-state index is 8.77. The highest BCUT2D eigenvalue weighted by molar-refractivity contribution is 9.10. The number of benzene rings is 1. The summed E-state index contributed by atoms with van der Waals surface area (Å²) in [7, 11) is 0. The van der Waals surface area contributed by atoms with Crippen LogP contribution in [0.3, 0.4) is 0 Å². The van der Waals surface area contributed by atoms with E-state index in [1.54, 1.807) is 6.07 Å². The van der Waals surface area contributed by atoms with E-state index in [0.717, 1.165) is 10.0 Å². The van der Waals surface area contributed by atoms with Crippen LogP contribution in [0.2, 0.25) is 0 Å². The minimum Gasteiger partial charge on any atom is -0.398 e. The molecule has 0 unspecified atom stereocenters. The molecule has 0 aliphatic carbocycles. The number of anilines is 1. The van der Waals surface area contributed by atoms with Crippen molar-refractivity contribution in [3.8, 4) is 0 Å². The van der Waals surface area contributed by atoms with Crippen molar-refractivity contribution < 1.29 is 5.11 Å². The summed E-state index contributed by atoms with van der Waals surface area (Å²) in [5.41, 5.74) is 12.7. The molecule has 0 spiro atoms. The van der Waals surface area contributed by atoms with Gasteiger partial charge in [0.25, 0.3) is 0 Å². The Bertz CT molecular complexity index is 278. The Morgan fingerprint density at radius 2 is 2.17 bits per heavy atom. The molecule has 0 aliphatic heterocycles. The van der Waals surface area contributed by atoms with Gasteiger partial charge in [-0.2, -0.15) is 0 Å². The summed E-state index contributed by atoms with van der Waals surface area (Å²) in [5, 5.41) is 8.77. The fraction of sp³-hybridized carbons (Fsp3) is 0.250. The molecule has 0 fully saturated rings. The number of hydrogen-bond donors (Lipinski definition) is 3. The van der Waals surface area contributed by atoms with Crippen LogP contribution in [-0.2, 0) is 0 Å². The predicted molar refractivity (Wildman–Crippen MR) is 52.6 cm³/mol. The highest BCUT2D eigenvalue weighted by atomic mass is 79.9. The highest BCUT2D eigenvalue weighted by Gasteiger charge is 2.05. The van der Waals surface area contributed by atoms with Gasteiger partial charge in [-0.15, -0.1) is 0 Å². The molecule has 0 heterocycles. The topological polar surface area (TPSA) is 72.3 Å². The van der Waals surface area contributed by atoms with E-state index in [-0.39, 0.29) is 12.6 Å². The molecule has 3 nitrogen and oxygen atoms in total. The first-order valence-corrected chi connectivity index (χ1v) is 4.36. The zero-order valence-electron chi connectivity index (χ0n) is 6.50. The standard InChI is InChI=1S/C8H11BrN2O/c9-6-2-1-5(3-7(6)10)8(11)4-12/h1-3,8,12H,4,10-11H2/t8-/m0/s1. The Balaban J connectivity index is 2.96. The van der Waals surface area contributed by atoms with Crippen molar-refractivity contribution in [3.05, 3.63) is 28.2 Å². The minimum absolute atomic E-state index is 0.0684. The summed E-state index contributed by atoms with van der Waals surface area (Å²) >= 11 is 3.27. The van der Waals surface area contributed by atoms with Crippen molar-refractivity contribution >= 4 is 21.6 Å². The molecule has 0 aliphatic rings. The monoisotopic (exact) mass is 230 g/mol. The molecule has 0 aromatic heterocycles. The molecule has 4 heteroatoms. The van der Waals surface area contributed by atoms with Crippen LogP contribution in [0.15, 0.2) is 22.7 Å². The summed E-state index contributed by atoms with van der Waals surface area (Å²) < 4.78 is 0.844. The first kappa shape index (κ1) is 9.51. The van der Waals surface area contributed by atoms with E-state index < -0.39 is 0 Å². The van der Waals surface area contributed by atoms with Crippen molar-refractivity contribution in [2.75, 3.05) is 12.3 Å². The Kier molecular flexibility index (Phi) is 3.08. The molecule has 66 valence electrons. The lowest BCUT2D eigenvalue weighted by atomic mass is 10.1. The fourth-order valence-electron chi connectivity index (χ4n) is 0.898. The average Bonchev–Trinajstić information content (AvgIpc) is 2.08. The van der Waals surface area contributed by atoms with Gasteiger partial charge in [0.1, 0.15) is 0 Å². The van der Waals surface area contributed by atoms with E-state index in [0.29, 0.717) is 5.69 Å². The smallest absolute Gasteiger partial charge is 0.0624 e. The Hall–Kier alpha value is -0.580. The molecule has 1 rings (SSSR count). The summed E-state index contributed by atoms with van der Waals surface area (Å²) in [6.45, 7) is -0.0684. The van der Waals surface area contributed by atoms with Gasteiger partial charge in [-0.1, -0.05) is 6.07 Å². The zero-order valence-corrected chi connectivity index (χ0v) is 8.08. The van der Waals surface area contributed by atoms with E-state index in [4.69, 9.17) is 16.6 Å². The largest absolute Gasteiger partial charge is 0.398 e. The molecule has 0 bridgehead atoms. The van der Waals surface area contributed by atoms with Gasteiger partial charge in [0.15, 0.2) is 0 Å². The first-order chi connectivity index (χ1) is 5.65. The lowest BCUT2D eigenvalue weighted by molar-refractivity contribution is 0.268. The first-order valence-electron chi connectivity index (χ1n) is 3.56. The van der Waals surface area contributed by atoms with E-state index in [9.17, 15) is 0 Å². The van der Waals surface area contributed by atoms with Crippen molar-refractivity contribution in [2.24, 2.45) is 5.73 Å². The van der Waals surface area contributed by atoms with Crippen LogP contribution in [0.25, 0.3) is 0 Å². The maximum atomic E-state index is 8.77. The molecule has 1 aromatic rings. The Labute approximate surface area is 79.5 Å². The van der Waals surface area contributed by atoms with Crippen molar-refractivity contribution in [1.82, 2.24) is 0 Å². The summed E-state index contributed by atoms with van der Waals surface area (Å²) in [6.07, 6.45) is 0. The van der Waals surface area contributed by atoms with Crippen LogP contribution >= 0.6 is 15.9 Å². The van der Waals surface area contributed by atoms with Crippen LogP contribution in [0.5, 0.6) is 0 Å². The van der Waals surface area contributed by atoms with Crippen LogP contribution < -0.4 is 11.5 Å². The van der Waals surface area contributed by atoms with E-state index in [1.807, 2.05) is 12.1 Å². The van der Waals surface area contributed by atoms with E-state index >= 15 is 0 Å². The number of halogens is 1. The second-order valence-corrected chi connectivity index (χ2v) is 3.42. The molecule has 12 heavy (non-hydrogen) atoms. The summed E-state index contributed by atoms with van der Waals surface area (Å²) in [4.78, 5) is 0. The quantitative estimate of drug-likeness (QED) is 0.665. The van der Waals surface area contributed by atoms with E-state index in [1.165, 1.54) is 0 Å². The van der Waals surface area contributed by atoms with Crippen molar-refractivity contribution in [2.45, 2.75) is 6.04 Å². The van der Waals surface area contributed by atoms with E-state index in [2.05, 4.69) is 15.9 Å². The third-order valence-corrected chi connectivity index (χ3v) is 2.37. The number of nitrogens with two attached hydrogens (primary N) is 2. The van der Waals surface area contributed by atoms with Gasteiger partial charge in [-0.05, 0) is 33.6 Å². The SMILES string of the molecule is Nc1cc([C@@H](N)CO)ccc1Br.